The van der Waals surface area contributed by atoms with Crippen LogP contribution in [0.5, 0.6) is 0 Å². The van der Waals surface area contributed by atoms with Crippen LogP contribution in [0.1, 0.15) is 30.6 Å². The minimum atomic E-state index is -3.25. The summed E-state index contributed by atoms with van der Waals surface area (Å²) in [5.41, 5.74) is 5.88. The van der Waals surface area contributed by atoms with Gasteiger partial charge >= 0.3 is 11.9 Å². The first-order valence-electron chi connectivity index (χ1n) is 8.91. The molecule has 0 aliphatic carbocycles. The molecular weight excluding hydrogens is 417 g/mol. The number of aromatic carboxylic acids is 1. The summed E-state index contributed by atoms with van der Waals surface area (Å²) >= 11 is 0. The van der Waals surface area contributed by atoms with Gasteiger partial charge in [0, 0.05) is 12.8 Å². The second kappa shape index (κ2) is 12.7. The Morgan fingerprint density at radius 2 is 1.50 bits per heavy atom. The van der Waals surface area contributed by atoms with Crippen molar-refractivity contribution in [1.29, 1.82) is 0 Å². The molecule has 0 fully saturated rings. The van der Waals surface area contributed by atoms with Crippen molar-refractivity contribution in [2.24, 2.45) is 5.73 Å². The average Bonchev–Trinajstić information content (AvgIpc) is 2.66. The first-order chi connectivity index (χ1) is 13.7. The summed E-state index contributed by atoms with van der Waals surface area (Å²) < 4.78 is 11.1. The fourth-order valence-corrected chi connectivity index (χ4v) is 2.63. The minimum absolute atomic E-state index is 0.00990. The molecule has 1 unspecified atom stereocenters. The quantitative estimate of drug-likeness (QED) is 0.285. The summed E-state index contributed by atoms with van der Waals surface area (Å²) in [7, 11) is -3.25. The van der Waals surface area contributed by atoms with Crippen molar-refractivity contribution < 1.29 is 38.8 Å². The van der Waals surface area contributed by atoms with Crippen LogP contribution in [-0.2, 0) is 18.9 Å². The Bertz CT molecular complexity index is 781. The molecule has 1 aromatic rings. The van der Waals surface area contributed by atoms with Crippen molar-refractivity contribution in [1.82, 2.24) is 10.6 Å². The van der Waals surface area contributed by atoms with Gasteiger partial charge in [-0.25, -0.2) is 4.79 Å². The fourth-order valence-electron chi connectivity index (χ4n) is 1.88. The lowest BCUT2D eigenvalue weighted by Gasteiger charge is -2.19. The molecule has 7 N–H and O–H groups in total. The number of carboxylic acids is 2. The highest BCUT2D eigenvalue weighted by atomic mass is 31.2. The number of benzene rings is 1. The van der Waals surface area contributed by atoms with Gasteiger partial charge in [-0.2, -0.15) is 0 Å². The Balaban J connectivity index is 0.000000769. The maximum atomic E-state index is 11.7. The molecule has 0 aliphatic heterocycles. The van der Waals surface area contributed by atoms with Crippen molar-refractivity contribution in [2.75, 3.05) is 12.8 Å². The molecule has 0 spiro atoms. The topological polar surface area (TPSA) is 196 Å². The van der Waals surface area contributed by atoms with Gasteiger partial charge in [0.05, 0.1) is 11.6 Å². The van der Waals surface area contributed by atoms with Crippen molar-refractivity contribution in [3.63, 3.8) is 0 Å². The van der Waals surface area contributed by atoms with Crippen LogP contribution in [-0.4, -0.2) is 69.8 Å². The number of aliphatic carboxylic acids is 1. The number of nitrogens with two attached hydrogens (primary N) is 1. The summed E-state index contributed by atoms with van der Waals surface area (Å²) in [5, 5.41) is 21.6. The van der Waals surface area contributed by atoms with Gasteiger partial charge in [-0.05, 0) is 32.4 Å². The van der Waals surface area contributed by atoms with Crippen LogP contribution >= 0.6 is 7.37 Å². The molecule has 0 heterocycles. The highest BCUT2D eigenvalue weighted by Crippen LogP contribution is 2.35. The largest absolute Gasteiger partial charge is 0.480 e. The number of nitrogens with one attached hydrogen (secondary N) is 2. The van der Waals surface area contributed by atoms with Crippen LogP contribution in [0.4, 0.5) is 0 Å². The zero-order chi connectivity index (χ0) is 23.5. The summed E-state index contributed by atoms with van der Waals surface area (Å²) in [5.74, 6) is -3.38. The van der Waals surface area contributed by atoms with E-state index in [0.29, 0.717) is 5.56 Å². The van der Waals surface area contributed by atoms with Gasteiger partial charge in [0.25, 0.3) is 0 Å². The molecule has 2 amide bonds. The Labute approximate surface area is 174 Å². The summed E-state index contributed by atoms with van der Waals surface area (Å²) in [4.78, 5) is 53.2. The third-order valence-electron chi connectivity index (χ3n) is 3.69. The summed E-state index contributed by atoms with van der Waals surface area (Å²) in [6.45, 7) is 3.84. The maximum absolute atomic E-state index is 11.7. The van der Waals surface area contributed by atoms with Gasteiger partial charge in [0.2, 0.25) is 11.8 Å². The SMILES string of the molecule is C[C@H](NC(=O)[C@H](C)NC(=O)[C@@H](N)CCP(C)(=O)O)C(=O)O.O=C(O)c1ccccc1. The normalized spacial score (nSPS) is 15.2. The average molecular weight is 445 g/mol. The molecule has 0 aromatic heterocycles. The molecule has 11 nitrogen and oxygen atoms in total. The molecule has 0 bridgehead atoms. The van der Waals surface area contributed by atoms with E-state index in [2.05, 4.69) is 10.6 Å². The van der Waals surface area contributed by atoms with E-state index in [9.17, 15) is 23.7 Å². The first-order valence-corrected chi connectivity index (χ1v) is 11.2. The second-order valence-corrected chi connectivity index (χ2v) is 9.19. The zero-order valence-electron chi connectivity index (χ0n) is 16.9. The lowest BCUT2D eigenvalue weighted by Crippen LogP contribution is -2.52. The lowest BCUT2D eigenvalue weighted by molar-refractivity contribution is -0.141. The Morgan fingerprint density at radius 3 is 1.90 bits per heavy atom. The number of rotatable bonds is 9. The van der Waals surface area contributed by atoms with Gasteiger partial charge in [-0.15, -0.1) is 0 Å². The summed E-state index contributed by atoms with van der Waals surface area (Å²) in [6, 6.07) is 5.24. The van der Waals surface area contributed by atoms with Crippen LogP contribution in [0, 0.1) is 0 Å². The third kappa shape index (κ3) is 11.9. The van der Waals surface area contributed by atoms with Crippen molar-refractivity contribution >= 4 is 31.1 Å². The van der Waals surface area contributed by atoms with E-state index in [-0.39, 0.29) is 12.6 Å². The molecule has 0 saturated heterocycles. The van der Waals surface area contributed by atoms with E-state index in [1.165, 1.54) is 20.5 Å². The van der Waals surface area contributed by atoms with E-state index in [1.807, 2.05) is 0 Å². The van der Waals surface area contributed by atoms with Crippen molar-refractivity contribution in [3.05, 3.63) is 35.9 Å². The predicted molar refractivity (Wildman–Crippen MR) is 109 cm³/mol. The maximum Gasteiger partial charge on any atom is 0.335 e. The number of carbonyl (C=O) groups excluding carboxylic acids is 2. The zero-order valence-corrected chi connectivity index (χ0v) is 17.8. The van der Waals surface area contributed by atoms with E-state index in [4.69, 9.17) is 20.8 Å². The number of carboxylic acid groups (broad SMARTS) is 2. The standard InChI is InChI=1S/C11H22N3O6P.C7H6O2/c1-6(9(15)14-7(2)11(17)18)13-10(16)8(12)4-5-21(3,19)20;8-7(9)6-4-2-1-3-5-6/h6-8H,4-5,12H2,1-3H3,(H,13,16)(H,14,15)(H,17,18)(H,19,20);1-5H,(H,8,9)/t6-,7-,8-;/m0./s1. The van der Waals surface area contributed by atoms with E-state index >= 15 is 0 Å². The number of hydrogen-bond acceptors (Lipinski definition) is 6. The Kier molecular flexibility index (Phi) is 11.6. The van der Waals surface area contributed by atoms with Gasteiger partial charge in [-0.1, -0.05) is 18.2 Å². The fraction of sp³-hybridized carbons (Fsp3) is 0.444. The van der Waals surface area contributed by atoms with Gasteiger partial charge < -0.3 is 31.5 Å². The molecule has 168 valence electrons. The summed E-state index contributed by atoms with van der Waals surface area (Å²) in [6.07, 6.45) is -0.0891. The van der Waals surface area contributed by atoms with E-state index < -0.39 is 49.2 Å². The molecule has 0 saturated carbocycles. The molecular formula is C18H28N3O8P. The van der Waals surface area contributed by atoms with Crippen LogP contribution in [0.2, 0.25) is 0 Å². The number of hydrogen-bond donors (Lipinski definition) is 6. The number of carbonyl (C=O) groups is 4. The lowest BCUT2D eigenvalue weighted by atomic mass is 10.2. The van der Waals surface area contributed by atoms with Crippen LogP contribution in [0.15, 0.2) is 30.3 Å². The third-order valence-corrected chi connectivity index (χ3v) is 4.78. The molecule has 1 rings (SSSR count). The van der Waals surface area contributed by atoms with Gasteiger partial charge in [0.1, 0.15) is 12.1 Å². The van der Waals surface area contributed by atoms with Crippen molar-refractivity contribution in [2.45, 2.75) is 38.4 Å². The Morgan fingerprint density at radius 1 is 1.00 bits per heavy atom. The Hall–Kier alpha value is -2.75. The van der Waals surface area contributed by atoms with E-state index in [1.54, 1.807) is 30.3 Å². The second-order valence-electron chi connectivity index (χ2n) is 6.64. The van der Waals surface area contributed by atoms with E-state index in [0.717, 1.165) is 0 Å². The minimum Gasteiger partial charge on any atom is -0.480 e. The molecule has 1 aromatic carbocycles. The molecule has 12 heteroatoms. The van der Waals surface area contributed by atoms with Crippen molar-refractivity contribution in [3.8, 4) is 0 Å². The van der Waals surface area contributed by atoms with Crippen LogP contribution < -0.4 is 16.4 Å². The first kappa shape index (κ1) is 27.2. The monoisotopic (exact) mass is 445 g/mol. The van der Waals surface area contributed by atoms with Crippen LogP contribution in [0.3, 0.4) is 0 Å². The highest BCUT2D eigenvalue weighted by Gasteiger charge is 2.23. The van der Waals surface area contributed by atoms with Gasteiger partial charge in [0.15, 0.2) is 7.37 Å². The van der Waals surface area contributed by atoms with Crippen LogP contribution in [0.25, 0.3) is 0 Å². The van der Waals surface area contributed by atoms with Gasteiger partial charge in [-0.3, -0.25) is 18.9 Å². The highest BCUT2D eigenvalue weighted by molar-refractivity contribution is 7.57. The predicted octanol–water partition coefficient (Wildman–Crippen LogP) is 0.0828. The molecule has 0 radical (unpaired) electrons. The molecule has 4 atom stereocenters. The smallest absolute Gasteiger partial charge is 0.335 e. The number of amides is 2. The molecule has 30 heavy (non-hydrogen) atoms. The molecule has 0 aliphatic rings.